The summed E-state index contributed by atoms with van der Waals surface area (Å²) in [5.74, 6) is -0.271. The number of carbonyl (C=O) groups excluding carboxylic acids is 2. The summed E-state index contributed by atoms with van der Waals surface area (Å²) < 4.78 is 2.95. The molecule has 0 fully saturated rings. The quantitative estimate of drug-likeness (QED) is 0.370. The van der Waals surface area contributed by atoms with E-state index in [1.54, 1.807) is 25.4 Å². The predicted molar refractivity (Wildman–Crippen MR) is 132 cm³/mol. The molecule has 0 aliphatic carbocycles. The fourth-order valence-electron chi connectivity index (χ4n) is 3.73. The fourth-order valence-corrected chi connectivity index (χ4v) is 4.75. The van der Waals surface area contributed by atoms with E-state index < -0.39 is 0 Å². The highest BCUT2D eigenvalue weighted by Gasteiger charge is 2.14. The largest absolute Gasteiger partial charge is 0.355 e. The Balaban J connectivity index is 1.47. The molecule has 3 heterocycles. The van der Waals surface area contributed by atoms with Crippen molar-refractivity contribution >= 4 is 38.3 Å². The normalized spacial score (nSPS) is 11.4. The van der Waals surface area contributed by atoms with Crippen LogP contribution in [0.25, 0.3) is 26.4 Å². The van der Waals surface area contributed by atoms with Crippen LogP contribution in [0.4, 0.5) is 0 Å². The van der Waals surface area contributed by atoms with Gasteiger partial charge in [-0.05, 0) is 44.3 Å². The van der Waals surface area contributed by atoms with Gasteiger partial charge in [0, 0.05) is 30.9 Å². The first kappa shape index (κ1) is 22.9. The monoisotopic (exact) mass is 464 g/mol. The van der Waals surface area contributed by atoms with Gasteiger partial charge in [0.25, 0.3) is 11.8 Å². The Hall–Kier alpha value is -3.30. The number of fused-ring (bicyclic) bond motifs is 3. The van der Waals surface area contributed by atoms with Gasteiger partial charge < -0.3 is 15.5 Å². The van der Waals surface area contributed by atoms with Crippen LogP contribution in [0.3, 0.4) is 0 Å². The van der Waals surface area contributed by atoms with E-state index in [1.807, 2.05) is 28.8 Å². The van der Waals surface area contributed by atoms with Crippen molar-refractivity contribution in [3.63, 3.8) is 0 Å². The number of thiazole rings is 1. The zero-order chi connectivity index (χ0) is 23.4. The standard InChI is InChI=1S/C24H28N6O2S/c1-4-29(5-2)12-6-11-26-23(32)18-13-21-20(14-27-18)30-15-19(28-24(30)33-21)16-7-9-17(10-8-16)22(31)25-3/h7-10,13-15H,4-6,11-12H2,1-3H3,(H,25,31)(H,26,32). The zero-order valence-corrected chi connectivity index (χ0v) is 19.9. The molecule has 0 aliphatic heterocycles. The minimum atomic E-state index is -0.153. The highest BCUT2D eigenvalue weighted by molar-refractivity contribution is 7.23. The third kappa shape index (κ3) is 4.89. The second kappa shape index (κ2) is 10.1. The highest BCUT2D eigenvalue weighted by atomic mass is 32.1. The minimum absolute atomic E-state index is 0.117. The summed E-state index contributed by atoms with van der Waals surface area (Å²) in [6, 6.07) is 9.18. The SMILES string of the molecule is CCN(CC)CCCNC(=O)c1cc2sc3nc(-c4ccc(C(=O)NC)cc4)cn3c2cn1. The molecule has 9 heteroatoms. The van der Waals surface area contributed by atoms with Crippen molar-refractivity contribution in [1.29, 1.82) is 0 Å². The number of pyridine rings is 1. The van der Waals surface area contributed by atoms with Gasteiger partial charge in [-0.15, -0.1) is 0 Å². The van der Waals surface area contributed by atoms with Gasteiger partial charge in [0.15, 0.2) is 4.96 Å². The first-order valence-electron chi connectivity index (χ1n) is 11.1. The van der Waals surface area contributed by atoms with E-state index in [9.17, 15) is 9.59 Å². The van der Waals surface area contributed by atoms with Crippen LogP contribution < -0.4 is 10.6 Å². The van der Waals surface area contributed by atoms with Gasteiger partial charge in [0.2, 0.25) is 0 Å². The lowest BCUT2D eigenvalue weighted by Crippen LogP contribution is -2.30. The van der Waals surface area contributed by atoms with Gasteiger partial charge in [-0.2, -0.15) is 0 Å². The predicted octanol–water partition coefficient (Wildman–Crippen LogP) is 3.43. The summed E-state index contributed by atoms with van der Waals surface area (Å²) in [6.07, 6.45) is 4.59. The van der Waals surface area contributed by atoms with Gasteiger partial charge in [-0.1, -0.05) is 37.3 Å². The average Bonchev–Trinajstić information content (AvgIpc) is 3.41. The number of nitrogens with zero attached hydrogens (tertiary/aromatic N) is 4. The van der Waals surface area contributed by atoms with Gasteiger partial charge in [0.05, 0.1) is 22.1 Å². The first-order chi connectivity index (χ1) is 16.0. The Morgan fingerprint density at radius 2 is 1.88 bits per heavy atom. The molecule has 0 spiro atoms. The van der Waals surface area contributed by atoms with Crippen LogP contribution in [0.2, 0.25) is 0 Å². The van der Waals surface area contributed by atoms with Crippen molar-refractivity contribution in [1.82, 2.24) is 29.9 Å². The number of imidazole rings is 1. The second-order valence-corrected chi connectivity index (χ2v) is 8.72. The van der Waals surface area contributed by atoms with Gasteiger partial charge in [-0.25, -0.2) is 9.97 Å². The molecule has 2 N–H and O–H groups in total. The summed E-state index contributed by atoms with van der Waals surface area (Å²) in [4.78, 5) is 36.6. The molecule has 0 atom stereocenters. The molecule has 0 aliphatic rings. The van der Waals surface area contributed by atoms with Crippen molar-refractivity contribution in [3.8, 4) is 11.3 Å². The first-order valence-corrected chi connectivity index (χ1v) is 12.0. The minimum Gasteiger partial charge on any atom is -0.355 e. The Morgan fingerprint density at radius 1 is 1.12 bits per heavy atom. The van der Waals surface area contributed by atoms with Crippen LogP contribution in [0.5, 0.6) is 0 Å². The number of hydrogen-bond acceptors (Lipinski definition) is 6. The molecule has 172 valence electrons. The topological polar surface area (TPSA) is 91.6 Å². The van der Waals surface area contributed by atoms with Crippen molar-refractivity contribution < 1.29 is 9.59 Å². The maximum Gasteiger partial charge on any atom is 0.269 e. The number of rotatable bonds is 9. The van der Waals surface area contributed by atoms with Crippen LogP contribution in [-0.2, 0) is 0 Å². The molecular weight excluding hydrogens is 436 g/mol. The molecule has 2 amide bonds. The molecule has 4 rings (SSSR count). The molecule has 0 bridgehead atoms. The molecule has 0 saturated carbocycles. The van der Waals surface area contributed by atoms with Crippen LogP contribution in [-0.4, -0.2) is 64.3 Å². The lowest BCUT2D eigenvalue weighted by Gasteiger charge is -2.17. The molecule has 3 aromatic heterocycles. The lowest BCUT2D eigenvalue weighted by molar-refractivity contribution is 0.0943. The zero-order valence-electron chi connectivity index (χ0n) is 19.1. The van der Waals surface area contributed by atoms with Crippen LogP contribution >= 0.6 is 11.3 Å². The van der Waals surface area contributed by atoms with Crippen LogP contribution in [0, 0.1) is 0 Å². The van der Waals surface area contributed by atoms with E-state index in [-0.39, 0.29) is 11.8 Å². The molecule has 4 aromatic rings. The smallest absolute Gasteiger partial charge is 0.269 e. The Kier molecular flexibility index (Phi) is 7.00. The van der Waals surface area contributed by atoms with Crippen molar-refractivity contribution in [2.24, 2.45) is 0 Å². The van der Waals surface area contributed by atoms with E-state index in [1.165, 1.54) is 11.3 Å². The number of amides is 2. The molecular formula is C24H28N6O2S. The summed E-state index contributed by atoms with van der Waals surface area (Å²) in [5, 5.41) is 5.59. The van der Waals surface area contributed by atoms with Crippen molar-refractivity contribution in [2.45, 2.75) is 20.3 Å². The molecule has 0 radical (unpaired) electrons. The summed E-state index contributed by atoms with van der Waals surface area (Å²) >= 11 is 1.52. The Morgan fingerprint density at radius 3 is 2.58 bits per heavy atom. The number of carbonyl (C=O) groups is 2. The van der Waals surface area contributed by atoms with E-state index in [0.717, 1.165) is 52.5 Å². The highest BCUT2D eigenvalue weighted by Crippen LogP contribution is 2.29. The second-order valence-electron chi connectivity index (χ2n) is 7.71. The third-order valence-corrected chi connectivity index (χ3v) is 6.73. The Bertz CT molecular complexity index is 1270. The van der Waals surface area contributed by atoms with Gasteiger partial charge in [0.1, 0.15) is 5.69 Å². The number of benzene rings is 1. The fraction of sp³-hybridized carbons (Fsp3) is 0.333. The number of aromatic nitrogens is 3. The summed E-state index contributed by atoms with van der Waals surface area (Å²) in [6.45, 7) is 7.93. The average molecular weight is 465 g/mol. The summed E-state index contributed by atoms with van der Waals surface area (Å²) in [7, 11) is 1.61. The maximum atomic E-state index is 12.5. The van der Waals surface area contributed by atoms with E-state index in [2.05, 4.69) is 34.4 Å². The molecule has 0 saturated heterocycles. The lowest BCUT2D eigenvalue weighted by atomic mass is 10.1. The van der Waals surface area contributed by atoms with Gasteiger partial charge >= 0.3 is 0 Å². The van der Waals surface area contributed by atoms with E-state index in [4.69, 9.17) is 4.98 Å². The Labute approximate surface area is 196 Å². The molecule has 1 aromatic carbocycles. The summed E-state index contributed by atoms with van der Waals surface area (Å²) in [5.41, 5.74) is 3.69. The maximum absolute atomic E-state index is 12.5. The van der Waals surface area contributed by atoms with Crippen LogP contribution in [0.15, 0.2) is 42.7 Å². The number of nitrogens with one attached hydrogen (secondary N) is 2. The molecule has 0 unspecified atom stereocenters. The van der Waals surface area contributed by atoms with E-state index >= 15 is 0 Å². The van der Waals surface area contributed by atoms with Crippen molar-refractivity contribution in [3.05, 3.63) is 54.0 Å². The number of hydrogen-bond donors (Lipinski definition) is 2. The van der Waals surface area contributed by atoms with Crippen molar-refractivity contribution in [2.75, 3.05) is 33.2 Å². The molecule has 8 nitrogen and oxygen atoms in total. The van der Waals surface area contributed by atoms with Gasteiger partial charge in [-0.3, -0.25) is 14.0 Å². The third-order valence-electron chi connectivity index (χ3n) is 5.71. The van der Waals surface area contributed by atoms with Crippen LogP contribution in [0.1, 0.15) is 41.1 Å². The van der Waals surface area contributed by atoms with E-state index in [0.29, 0.717) is 17.8 Å². The molecule has 33 heavy (non-hydrogen) atoms.